The van der Waals surface area contributed by atoms with Crippen LogP contribution in [0.2, 0.25) is 0 Å². The van der Waals surface area contributed by atoms with Crippen molar-refractivity contribution in [3.63, 3.8) is 0 Å². The van der Waals surface area contributed by atoms with Crippen molar-refractivity contribution in [2.45, 2.75) is 151 Å². The molecule has 5 rings (SSSR count). The molecule has 2 saturated heterocycles. The molecule has 3 aliphatic rings. The highest BCUT2D eigenvalue weighted by atomic mass is 16.8. The summed E-state index contributed by atoms with van der Waals surface area (Å²) in [5.74, 6) is -7.41. The zero-order valence-corrected chi connectivity index (χ0v) is 40.3. The van der Waals surface area contributed by atoms with Crippen molar-refractivity contribution in [1.29, 1.82) is 0 Å². The van der Waals surface area contributed by atoms with Crippen LogP contribution in [-0.2, 0) is 98.9 Å². The number of amides is 2. The van der Waals surface area contributed by atoms with Gasteiger partial charge in [0, 0.05) is 34.6 Å². The predicted octanol–water partition coefficient (Wildman–Crippen LogP) is 3.67. The van der Waals surface area contributed by atoms with Crippen molar-refractivity contribution in [2.75, 3.05) is 13.2 Å². The Hall–Kier alpha value is -6.29. The number of benzene rings is 2. The Morgan fingerprint density at radius 3 is 1.43 bits per heavy atom. The van der Waals surface area contributed by atoms with Crippen LogP contribution in [0, 0.1) is 10.8 Å². The molecule has 0 unspecified atom stereocenters. The second-order valence-corrected chi connectivity index (χ2v) is 18.6. The van der Waals surface area contributed by atoms with Gasteiger partial charge in [0.15, 0.2) is 37.0 Å². The van der Waals surface area contributed by atoms with Crippen molar-refractivity contribution in [3.05, 3.63) is 70.8 Å². The van der Waals surface area contributed by atoms with Crippen molar-refractivity contribution < 1.29 is 95.3 Å². The Labute approximate surface area is 398 Å². The number of esters is 7. The van der Waals surface area contributed by atoms with Gasteiger partial charge in [-0.15, -0.1) is 0 Å². The quantitative estimate of drug-likeness (QED) is 0.132. The van der Waals surface area contributed by atoms with Gasteiger partial charge in [-0.05, 0) is 64.8 Å². The molecule has 0 aromatic heterocycles. The van der Waals surface area contributed by atoms with Gasteiger partial charge in [0.05, 0.1) is 28.6 Å². The third-order valence-corrected chi connectivity index (χ3v) is 10.7. The molecule has 2 aromatic carbocycles. The fourth-order valence-electron chi connectivity index (χ4n) is 7.43. The number of ether oxygens (including phenoxy) is 11. The maximum atomic E-state index is 14.4. The number of nitrogens with zero attached hydrogens (tertiary/aromatic N) is 1. The van der Waals surface area contributed by atoms with E-state index in [1.165, 1.54) is 31.2 Å². The van der Waals surface area contributed by atoms with E-state index in [9.17, 15) is 43.2 Å². The molecule has 0 spiro atoms. The average Bonchev–Trinajstić information content (AvgIpc) is 3.50. The highest BCUT2D eigenvalue weighted by Crippen LogP contribution is 2.39. The first-order valence-electron chi connectivity index (χ1n) is 22.1. The maximum Gasteiger partial charge on any atom is 0.311 e. The van der Waals surface area contributed by atoms with E-state index in [1.807, 2.05) is 0 Å². The molecule has 0 saturated carbocycles. The van der Waals surface area contributed by atoms with E-state index in [2.05, 4.69) is 0 Å². The van der Waals surface area contributed by atoms with E-state index in [-0.39, 0.29) is 24.3 Å². The van der Waals surface area contributed by atoms with Crippen LogP contribution in [0.1, 0.15) is 108 Å². The molecule has 3 heterocycles. The van der Waals surface area contributed by atoms with Gasteiger partial charge in [0.2, 0.25) is 0 Å². The monoisotopic (exact) mass is 969 g/mol. The molecular weight excluding hydrogens is 911 g/mol. The predicted molar refractivity (Wildman–Crippen MR) is 233 cm³/mol. The van der Waals surface area contributed by atoms with E-state index >= 15 is 0 Å². The van der Waals surface area contributed by atoms with Crippen LogP contribution in [0.4, 0.5) is 0 Å². The van der Waals surface area contributed by atoms with Crippen LogP contribution < -0.4 is 0 Å². The molecular formula is C48H59NO20. The average molecular weight is 970 g/mol. The molecule has 21 nitrogen and oxygen atoms in total. The smallest absolute Gasteiger partial charge is 0.311 e. The highest BCUT2D eigenvalue weighted by Gasteiger charge is 2.61. The van der Waals surface area contributed by atoms with Gasteiger partial charge in [-0.3, -0.25) is 48.1 Å². The summed E-state index contributed by atoms with van der Waals surface area (Å²) in [6.45, 7) is 13.5. The molecule has 0 radical (unpaired) electrons. The first-order chi connectivity index (χ1) is 32.3. The Balaban J connectivity index is 1.71. The molecule has 0 bridgehead atoms. The van der Waals surface area contributed by atoms with Crippen LogP contribution in [-0.4, -0.2) is 133 Å². The van der Waals surface area contributed by atoms with Gasteiger partial charge in [-0.1, -0.05) is 36.4 Å². The zero-order chi connectivity index (χ0) is 51.1. The third kappa shape index (κ3) is 13.7. The van der Waals surface area contributed by atoms with E-state index < -0.39 is 139 Å². The summed E-state index contributed by atoms with van der Waals surface area (Å²) >= 11 is 0. The minimum absolute atomic E-state index is 0.00513. The number of rotatable bonds is 16. The SMILES string of the molecule is CC(=O)OCc1ccc(CO[C@@H]2O[C@H](COC(=O)C(C)(C)C)[C@H](OC(C)=O)[C@H](O[C@@H]3O[C@H](COC(C)=O)[C@@H](OC(C)=O)[C@H](OC(C)=O)[C@H]3N3C(=O)c4ccccc4C3=O)[C@H]2OC(=O)C(C)(C)C)cc1. The van der Waals surface area contributed by atoms with Gasteiger partial charge in [-0.2, -0.15) is 0 Å². The second-order valence-electron chi connectivity index (χ2n) is 18.6. The summed E-state index contributed by atoms with van der Waals surface area (Å²) in [6.07, 6.45) is -15.4. The molecule has 376 valence electrons. The van der Waals surface area contributed by atoms with Crippen molar-refractivity contribution in [1.82, 2.24) is 4.90 Å². The first kappa shape index (κ1) is 53.7. The van der Waals surface area contributed by atoms with Crippen LogP contribution in [0.5, 0.6) is 0 Å². The van der Waals surface area contributed by atoms with Crippen molar-refractivity contribution >= 4 is 53.6 Å². The van der Waals surface area contributed by atoms with E-state index in [4.69, 9.17) is 52.1 Å². The second kappa shape index (κ2) is 22.4. The number of carbonyl (C=O) groups excluding carboxylic acids is 9. The number of imide groups is 1. The topological polar surface area (TPSA) is 258 Å². The van der Waals surface area contributed by atoms with Gasteiger partial charge >= 0.3 is 41.8 Å². The molecule has 2 fully saturated rings. The molecule has 2 aromatic rings. The van der Waals surface area contributed by atoms with Crippen LogP contribution >= 0.6 is 0 Å². The largest absolute Gasteiger partial charge is 0.463 e. The van der Waals surface area contributed by atoms with E-state index in [0.717, 1.165) is 27.7 Å². The summed E-state index contributed by atoms with van der Waals surface area (Å²) in [5, 5.41) is 0. The van der Waals surface area contributed by atoms with E-state index in [0.29, 0.717) is 16.0 Å². The molecule has 21 heteroatoms. The molecule has 10 atom stereocenters. The number of hydrogen-bond donors (Lipinski definition) is 0. The lowest BCUT2D eigenvalue weighted by molar-refractivity contribution is -0.355. The summed E-state index contributed by atoms with van der Waals surface area (Å²) < 4.78 is 65.6. The number of carbonyl (C=O) groups is 9. The minimum atomic E-state index is -2.01. The summed E-state index contributed by atoms with van der Waals surface area (Å²) in [5.41, 5.74) is -1.13. The van der Waals surface area contributed by atoms with Gasteiger partial charge in [0.1, 0.15) is 44.2 Å². The Morgan fingerprint density at radius 1 is 0.507 bits per heavy atom. The molecule has 3 aliphatic heterocycles. The lowest BCUT2D eigenvalue weighted by atomic mass is 9.93. The summed E-state index contributed by atoms with van der Waals surface area (Å²) in [6, 6.07) is 10.7. The fourth-order valence-corrected chi connectivity index (χ4v) is 7.43. The lowest BCUT2D eigenvalue weighted by Gasteiger charge is -2.50. The molecule has 2 amide bonds. The van der Waals surface area contributed by atoms with Gasteiger partial charge in [0.25, 0.3) is 11.8 Å². The standard InChI is InChI=1S/C48H59NO20/c1-24(50)59-20-29-16-18-30(19-17-29)21-61-44-40(69-46(58)48(9,10)11)39(37(64-27(4)53)34(67-44)23-62-45(57)47(6,7)8)68-43-35(49-41(55)31-14-12-13-15-32(31)42(49)56)38(65-28(5)54)36(63-26(3)52)33(66-43)22-60-25(2)51/h12-19,33-40,43-44H,20-23H2,1-11H3/t33-,34-,35-,36-,37+,38-,39+,40-,43+,44-/m1/s1. The zero-order valence-electron chi connectivity index (χ0n) is 40.3. The minimum Gasteiger partial charge on any atom is -0.463 e. The maximum absolute atomic E-state index is 14.4. The normalized spacial score (nSPS) is 25.7. The lowest BCUT2D eigenvalue weighted by Crippen LogP contribution is -2.70. The summed E-state index contributed by atoms with van der Waals surface area (Å²) in [7, 11) is 0. The number of fused-ring (bicyclic) bond motifs is 1. The molecule has 0 N–H and O–H groups in total. The van der Waals surface area contributed by atoms with Crippen LogP contribution in [0.25, 0.3) is 0 Å². The molecule has 0 aliphatic carbocycles. The van der Waals surface area contributed by atoms with Crippen molar-refractivity contribution in [3.8, 4) is 0 Å². The summed E-state index contributed by atoms with van der Waals surface area (Å²) in [4.78, 5) is 119. The van der Waals surface area contributed by atoms with Crippen LogP contribution in [0.15, 0.2) is 48.5 Å². The number of hydrogen-bond acceptors (Lipinski definition) is 20. The van der Waals surface area contributed by atoms with Gasteiger partial charge < -0.3 is 52.1 Å². The first-order valence-corrected chi connectivity index (χ1v) is 22.1. The Morgan fingerprint density at radius 2 is 0.957 bits per heavy atom. The Kier molecular flexibility index (Phi) is 17.4. The third-order valence-electron chi connectivity index (χ3n) is 10.7. The van der Waals surface area contributed by atoms with Crippen LogP contribution in [0.3, 0.4) is 0 Å². The highest BCUT2D eigenvalue weighted by molar-refractivity contribution is 6.21. The van der Waals surface area contributed by atoms with E-state index in [1.54, 1.807) is 65.8 Å². The Bertz CT molecular complexity index is 2230. The van der Waals surface area contributed by atoms with Gasteiger partial charge in [-0.25, -0.2) is 0 Å². The fraction of sp³-hybridized carbons (Fsp3) is 0.562. The van der Waals surface area contributed by atoms with Crippen molar-refractivity contribution in [2.24, 2.45) is 10.8 Å². The molecule has 69 heavy (non-hydrogen) atoms.